The molecule has 1 atom stereocenters. The number of likely N-dealkylation sites (tertiary alicyclic amines) is 1. The van der Waals surface area contributed by atoms with Crippen molar-refractivity contribution in [3.8, 4) is 11.5 Å². The second kappa shape index (κ2) is 10.1. The lowest BCUT2D eigenvalue weighted by molar-refractivity contribution is -0.143. The topological polar surface area (TPSA) is 49.3 Å². The van der Waals surface area contributed by atoms with Crippen LogP contribution in [0.25, 0.3) is 0 Å². The van der Waals surface area contributed by atoms with E-state index < -0.39 is 12.7 Å². The number of methoxy groups -OCH3 is 2. The zero-order valence-corrected chi connectivity index (χ0v) is 19.2. The molecule has 2 aliphatic rings. The van der Waals surface area contributed by atoms with Crippen LogP contribution in [0, 0.1) is 0 Å². The Morgan fingerprint density at radius 3 is 2.41 bits per heavy atom. The molecule has 0 radical (unpaired) electrons. The van der Waals surface area contributed by atoms with Crippen LogP contribution in [0.15, 0.2) is 17.1 Å². The van der Waals surface area contributed by atoms with Gasteiger partial charge in [-0.15, -0.1) is 24.0 Å². The molecule has 1 aromatic rings. The molecule has 0 bridgehead atoms. The summed E-state index contributed by atoms with van der Waals surface area (Å²) in [5, 5.41) is 3.34. The highest BCUT2D eigenvalue weighted by Gasteiger charge is 2.35. The van der Waals surface area contributed by atoms with Crippen molar-refractivity contribution in [1.29, 1.82) is 0 Å². The summed E-state index contributed by atoms with van der Waals surface area (Å²) >= 11 is 0. The SMILES string of the molecule is CN=C(NC1CCN(CC(F)(F)F)C1)N1CCc2cc(OC)c(OC)cc2C1.I. The number of nitrogens with one attached hydrogen (secondary N) is 1. The van der Waals surface area contributed by atoms with Crippen LogP contribution in [0.4, 0.5) is 13.2 Å². The number of guanidine groups is 1. The third kappa shape index (κ3) is 6.03. The molecule has 1 aromatic carbocycles. The quantitative estimate of drug-likeness (QED) is 0.370. The highest BCUT2D eigenvalue weighted by Crippen LogP contribution is 2.33. The maximum atomic E-state index is 12.6. The summed E-state index contributed by atoms with van der Waals surface area (Å²) in [7, 11) is 4.93. The minimum atomic E-state index is -4.16. The van der Waals surface area contributed by atoms with Gasteiger partial charge in [0, 0.05) is 39.3 Å². The Kier molecular flexibility index (Phi) is 8.27. The van der Waals surface area contributed by atoms with E-state index in [-0.39, 0.29) is 30.0 Å². The van der Waals surface area contributed by atoms with Gasteiger partial charge in [-0.05, 0) is 36.1 Å². The summed E-state index contributed by atoms with van der Waals surface area (Å²) in [5.74, 6) is 2.12. The Labute approximate surface area is 186 Å². The Morgan fingerprint density at radius 2 is 1.83 bits per heavy atom. The molecular formula is C19H28F3IN4O2. The van der Waals surface area contributed by atoms with Crippen LogP contribution >= 0.6 is 24.0 Å². The molecule has 1 N–H and O–H groups in total. The van der Waals surface area contributed by atoms with Crippen molar-refractivity contribution < 1.29 is 22.6 Å². The van der Waals surface area contributed by atoms with Crippen molar-refractivity contribution in [1.82, 2.24) is 15.1 Å². The minimum Gasteiger partial charge on any atom is -0.493 e. The van der Waals surface area contributed by atoms with Gasteiger partial charge in [0.2, 0.25) is 0 Å². The van der Waals surface area contributed by atoms with Crippen molar-refractivity contribution in [2.24, 2.45) is 4.99 Å². The molecular weight excluding hydrogens is 500 g/mol. The highest BCUT2D eigenvalue weighted by atomic mass is 127. The van der Waals surface area contributed by atoms with Gasteiger partial charge in [-0.2, -0.15) is 13.2 Å². The van der Waals surface area contributed by atoms with E-state index in [4.69, 9.17) is 9.47 Å². The number of nitrogens with zero attached hydrogens (tertiary/aromatic N) is 3. The lowest BCUT2D eigenvalue weighted by atomic mass is 9.99. The van der Waals surface area contributed by atoms with Crippen molar-refractivity contribution in [2.45, 2.75) is 31.6 Å². The maximum Gasteiger partial charge on any atom is 0.401 e. The van der Waals surface area contributed by atoms with Gasteiger partial charge in [0.15, 0.2) is 17.5 Å². The zero-order valence-electron chi connectivity index (χ0n) is 16.9. The molecule has 0 saturated carbocycles. The summed E-state index contributed by atoms with van der Waals surface area (Å²) < 4.78 is 48.6. The standard InChI is InChI=1S/C19H27F3N4O2.HI/c1-23-18(24-15-5-6-25(11-15)12-19(20,21)22)26-7-4-13-8-16(27-2)17(28-3)9-14(13)10-26;/h8-9,15H,4-7,10-12H2,1-3H3,(H,23,24);1H. The molecule has 0 amide bonds. The van der Waals surface area contributed by atoms with Crippen LogP contribution in [-0.2, 0) is 13.0 Å². The van der Waals surface area contributed by atoms with Crippen LogP contribution in [0.5, 0.6) is 11.5 Å². The van der Waals surface area contributed by atoms with E-state index in [0.29, 0.717) is 37.6 Å². The molecule has 2 heterocycles. The molecule has 3 rings (SSSR count). The molecule has 1 unspecified atom stereocenters. The second-order valence-electron chi connectivity index (χ2n) is 7.17. The monoisotopic (exact) mass is 528 g/mol. The van der Waals surface area contributed by atoms with Crippen molar-refractivity contribution >= 4 is 29.9 Å². The molecule has 164 valence electrons. The van der Waals surface area contributed by atoms with Gasteiger partial charge in [-0.3, -0.25) is 9.89 Å². The highest BCUT2D eigenvalue weighted by molar-refractivity contribution is 14.0. The van der Waals surface area contributed by atoms with Crippen LogP contribution < -0.4 is 14.8 Å². The maximum absolute atomic E-state index is 12.6. The van der Waals surface area contributed by atoms with Gasteiger partial charge >= 0.3 is 6.18 Å². The number of aliphatic imine (C=N–C) groups is 1. The van der Waals surface area contributed by atoms with Gasteiger partial charge < -0.3 is 19.7 Å². The molecule has 1 saturated heterocycles. The van der Waals surface area contributed by atoms with E-state index >= 15 is 0 Å². The van der Waals surface area contributed by atoms with E-state index in [1.807, 2.05) is 12.1 Å². The number of benzene rings is 1. The zero-order chi connectivity index (χ0) is 20.3. The first-order valence-electron chi connectivity index (χ1n) is 9.34. The van der Waals surface area contributed by atoms with Crippen LogP contribution in [-0.4, -0.2) is 75.4 Å². The Morgan fingerprint density at radius 1 is 1.17 bits per heavy atom. The first-order chi connectivity index (χ1) is 13.3. The van der Waals surface area contributed by atoms with E-state index in [1.165, 1.54) is 10.5 Å². The van der Waals surface area contributed by atoms with E-state index in [2.05, 4.69) is 15.2 Å². The molecule has 10 heteroatoms. The summed E-state index contributed by atoms with van der Waals surface area (Å²) in [6.45, 7) is 1.39. The Bertz CT molecular complexity index is 730. The summed E-state index contributed by atoms with van der Waals surface area (Å²) in [6.07, 6.45) is -2.65. The Hall–Kier alpha value is -1.43. The lowest BCUT2D eigenvalue weighted by Crippen LogP contribution is -2.48. The Balaban J connectivity index is 0.00000300. The normalized spacial score (nSPS) is 20.1. The van der Waals surface area contributed by atoms with Crippen LogP contribution in [0.1, 0.15) is 17.5 Å². The largest absolute Gasteiger partial charge is 0.493 e. The number of ether oxygens (including phenoxy) is 2. The molecule has 0 spiro atoms. The smallest absolute Gasteiger partial charge is 0.401 e. The predicted molar refractivity (Wildman–Crippen MR) is 116 cm³/mol. The fraction of sp³-hybridized carbons (Fsp3) is 0.632. The summed E-state index contributed by atoms with van der Waals surface area (Å²) in [6, 6.07) is 3.95. The average molecular weight is 528 g/mol. The van der Waals surface area contributed by atoms with Gasteiger partial charge in [0.1, 0.15) is 0 Å². The molecule has 1 fully saturated rings. The van der Waals surface area contributed by atoms with Crippen LogP contribution in [0.3, 0.4) is 0 Å². The minimum absolute atomic E-state index is 0. The molecule has 0 aliphatic carbocycles. The van der Waals surface area contributed by atoms with Gasteiger partial charge in [-0.25, -0.2) is 0 Å². The third-order valence-electron chi connectivity index (χ3n) is 5.24. The molecule has 6 nitrogen and oxygen atoms in total. The first-order valence-corrected chi connectivity index (χ1v) is 9.34. The lowest BCUT2D eigenvalue weighted by Gasteiger charge is -2.33. The fourth-order valence-corrected chi connectivity index (χ4v) is 3.89. The van der Waals surface area contributed by atoms with Crippen molar-refractivity contribution in [2.75, 3.05) is 47.4 Å². The van der Waals surface area contributed by atoms with E-state index in [1.54, 1.807) is 21.3 Å². The summed E-state index contributed by atoms with van der Waals surface area (Å²) in [4.78, 5) is 7.92. The van der Waals surface area contributed by atoms with Crippen LogP contribution in [0.2, 0.25) is 0 Å². The first kappa shape index (κ1) is 23.8. The molecule has 0 aromatic heterocycles. The number of fused-ring (bicyclic) bond motifs is 1. The van der Waals surface area contributed by atoms with Gasteiger partial charge in [0.25, 0.3) is 0 Å². The van der Waals surface area contributed by atoms with Crippen molar-refractivity contribution in [3.05, 3.63) is 23.3 Å². The second-order valence-corrected chi connectivity index (χ2v) is 7.17. The number of halogens is 4. The number of alkyl halides is 3. The van der Waals surface area contributed by atoms with Gasteiger partial charge in [0.05, 0.1) is 20.8 Å². The average Bonchev–Trinajstić information content (AvgIpc) is 3.09. The van der Waals surface area contributed by atoms with Crippen molar-refractivity contribution in [3.63, 3.8) is 0 Å². The fourth-order valence-electron chi connectivity index (χ4n) is 3.89. The van der Waals surface area contributed by atoms with E-state index in [0.717, 1.165) is 24.5 Å². The number of rotatable bonds is 4. The van der Waals surface area contributed by atoms with E-state index in [9.17, 15) is 13.2 Å². The summed E-state index contributed by atoms with van der Waals surface area (Å²) in [5.41, 5.74) is 2.35. The van der Waals surface area contributed by atoms with Gasteiger partial charge in [-0.1, -0.05) is 0 Å². The molecule has 29 heavy (non-hydrogen) atoms. The molecule has 2 aliphatic heterocycles. The predicted octanol–water partition coefficient (Wildman–Crippen LogP) is 2.89. The number of hydrogen-bond acceptors (Lipinski definition) is 4. The third-order valence-corrected chi connectivity index (χ3v) is 5.24. The number of hydrogen-bond donors (Lipinski definition) is 1.